The summed E-state index contributed by atoms with van der Waals surface area (Å²) < 4.78 is 10.8. The Labute approximate surface area is 92.4 Å². The predicted octanol–water partition coefficient (Wildman–Crippen LogP) is 2.21. The summed E-state index contributed by atoms with van der Waals surface area (Å²) in [6.07, 6.45) is 2.10. The van der Waals surface area contributed by atoms with Gasteiger partial charge in [-0.15, -0.1) is 0 Å². The Morgan fingerprint density at radius 2 is 2.19 bits per heavy atom. The van der Waals surface area contributed by atoms with Gasteiger partial charge in [0.2, 0.25) is 6.29 Å². The van der Waals surface area contributed by atoms with Crippen molar-refractivity contribution in [2.24, 2.45) is 0 Å². The van der Waals surface area contributed by atoms with Gasteiger partial charge >= 0.3 is 0 Å². The summed E-state index contributed by atoms with van der Waals surface area (Å²) in [5.74, 6) is 0.571. The largest absolute Gasteiger partial charge is 0.486 e. The molecule has 0 aliphatic carbocycles. The number of ether oxygens (including phenoxy) is 1. The molecule has 0 unspecified atom stereocenters. The van der Waals surface area contributed by atoms with Crippen LogP contribution in [-0.4, -0.2) is 21.9 Å². The minimum Gasteiger partial charge on any atom is -0.486 e. The molecule has 0 aliphatic rings. The molecule has 0 bridgehead atoms. The lowest BCUT2D eigenvalue weighted by atomic mass is 10.2. The number of aromatic nitrogens is 2. The number of nitrogens with zero attached hydrogens (tertiary/aromatic N) is 2. The molecule has 16 heavy (non-hydrogen) atoms. The Bertz CT molecular complexity index is 525. The minimum absolute atomic E-state index is 0.00691. The molecule has 2 aromatic heterocycles. The highest BCUT2D eigenvalue weighted by Crippen LogP contribution is 2.26. The van der Waals surface area contributed by atoms with Gasteiger partial charge in [-0.05, 0) is 20.8 Å². The zero-order valence-corrected chi connectivity index (χ0v) is 9.35. The van der Waals surface area contributed by atoms with Crippen LogP contribution < -0.4 is 4.74 Å². The Balaban J connectivity index is 2.52. The van der Waals surface area contributed by atoms with Gasteiger partial charge in [-0.2, -0.15) is 0 Å². The lowest BCUT2D eigenvalue weighted by molar-refractivity contribution is 0.109. The molecule has 0 saturated carbocycles. The molecule has 0 fully saturated rings. The van der Waals surface area contributed by atoms with E-state index in [0.29, 0.717) is 23.3 Å². The first-order chi connectivity index (χ1) is 7.49. The molecule has 2 aromatic rings. The molecule has 5 nitrogen and oxygen atoms in total. The Morgan fingerprint density at radius 3 is 2.81 bits per heavy atom. The summed E-state index contributed by atoms with van der Waals surface area (Å²) in [6, 6.07) is 1.70. The fourth-order valence-electron chi connectivity index (χ4n) is 1.29. The monoisotopic (exact) mass is 220 g/mol. The van der Waals surface area contributed by atoms with E-state index in [2.05, 4.69) is 9.97 Å². The van der Waals surface area contributed by atoms with E-state index in [4.69, 9.17) is 9.15 Å². The number of aldehydes is 1. The zero-order valence-electron chi connectivity index (χ0n) is 9.35. The van der Waals surface area contributed by atoms with Crippen molar-refractivity contribution in [2.75, 3.05) is 0 Å². The predicted molar refractivity (Wildman–Crippen MR) is 57.6 cm³/mol. The number of carbonyl (C=O) groups excluding carboxylic acids is 1. The third-order valence-corrected chi connectivity index (χ3v) is 1.79. The van der Waals surface area contributed by atoms with Crippen LogP contribution in [0.5, 0.6) is 5.75 Å². The minimum atomic E-state index is -0.339. The second-order valence-corrected chi connectivity index (χ2v) is 4.35. The molecule has 0 amide bonds. The van der Waals surface area contributed by atoms with Crippen molar-refractivity contribution >= 4 is 17.5 Å². The second-order valence-electron chi connectivity index (χ2n) is 4.35. The van der Waals surface area contributed by atoms with Crippen LogP contribution in [0.1, 0.15) is 31.5 Å². The smallest absolute Gasteiger partial charge is 0.262 e. The summed E-state index contributed by atoms with van der Waals surface area (Å²) in [7, 11) is 0. The summed E-state index contributed by atoms with van der Waals surface area (Å²) in [6.45, 7) is 5.79. The first-order valence-corrected chi connectivity index (χ1v) is 4.89. The van der Waals surface area contributed by atoms with Gasteiger partial charge in [0.15, 0.2) is 11.3 Å². The van der Waals surface area contributed by atoms with Crippen LogP contribution in [0.15, 0.2) is 16.7 Å². The van der Waals surface area contributed by atoms with Gasteiger partial charge in [0, 0.05) is 12.3 Å². The fraction of sp³-hybridized carbons (Fsp3) is 0.364. The van der Waals surface area contributed by atoms with Crippen molar-refractivity contribution in [3.63, 3.8) is 0 Å². The number of rotatable bonds is 2. The van der Waals surface area contributed by atoms with Crippen molar-refractivity contribution in [1.82, 2.24) is 9.97 Å². The van der Waals surface area contributed by atoms with E-state index < -0.39 is 0 Å². The van der Waals surface area contributed by atoms with Crippen molar-refractivity contribution in [2.45, 2.75) is 26.4 Å². The average molecular weight is 220 g/mol. The third-order valence-electron chi connectivity index (χ3n) is 1.79. The molecule has 2 heterocycles. The van der Waals surface area contributed by atoms with Crippen LogP contribution in [0.2, 0.25) is 0 Å². The Kier molecular flexibility index (Phi) is 2.38. The van der Waals surface area contributed by atoms with Gasteiger partial charge in [-0.1, -0.05) is 0 Å². The molecule has 0 spiro atoms. The van der Waals surface area contributed by atoms with E-state index in [1.807, 2.05) is 20.8 Å². The van der Waals surface area contributed by atoms with E-state index in [1.54, 1.807) is 12.3 Å². The maximum absolute atomic E-state index is 10.5. The summed E-state index contributed by atoms with van der Waals surface area (Å²) in [5.41, 5.74) is 0.442. The quantitative estimate of drug-likeness (QED) is 0.726. The number of carbonyl (C=O) groups is 1. The lowest BCUT2D eigenvalue weighted by Gasteiger charge is -2.20. The van der Waals surface area contributed by atoms with E-state index in [1.165, 1.54) is 0 Å². The van der Waals surface area contributed by atoms with Gasteiger partial charge < -0.3 is 9.15 Å². The molecule has 0 aromatic carbocycles. The Hall–Kier alpha value is -1.91. The lowest BCUT2D eigenvalue weighted by Crippen LogP contribution is -2.23. The van der Waals surface area contributed by atoms with Crippen LogP contribution in [0.25, 0.3) is 11.2 Å². The zero-order chi connectivity index (χ0) is 11.8. The van der Waals surface area contributed by atoms with Crippen LogP contribution in [0.3, 0.4) is 0 Å². The van der Waals surface area contributed by atoms with E-state index in [0.717, 1.165) is 0 Å². The molecule has 0 N–H and O–H groups in total. The molecule has 84 valence electrons. The van der Waals surface area contributed by atoms with Gasteiger partial charge in [-0.25, -0.2) is 9.97 Å². The summed E-state index contributed by atoms with van der Waals surface area (Å²) in [4.78, 5) is 18.5. The SMILES string of the molecule is CC(C)(C)Oc1ccnc2oc(C=O)nc12. The number of fused-ring (bicyclic) bond motifs is 1. The summed E-state index contributed by atoms with van der Waals surface area (Å²) in [5, 5.41) is 0. The van der Waals surface area contributed by atoms with E-state index >= 15 is 0 Å². The van der Waals surface area contributed by atoms with Crippen LogP contribution in [-0.2, 0) is 0 Å². The van der Waals surface area contributed by atoms with Gasteiger partial charge in [0.25, 0.3) is 11.6 Å². The molecule has 0 aliphatic heterocycles. The highest BCUT2D eigenvalue weighted by atomic mass is 16.5. The van der Waals surface area contributed by atoms with E-state index in [-0.39, 0.29) is 11.5 Å². The molecule has 0 radical (unpaired) electrons. The third kappa shape index (κ3) is 2.03. The van der Waals surface area contributed by atoms with E-state index in [9.17, 15) is 4.79 Å². The average Bonchev–Trinajstić information content (AvgIpc) is 2.59. The molecular formula is C11H12N2O3. The second kappa shape index (κ2) is 3.59. The van der Waals surface area contributed by atoms with Crippen molar-refractivity contribution in [1.29, 1.82) is 0 Å². The molecule has 0 saturated heterocycles. The van der Waals surface area contributed by atoms with Gasteiger partial charge in [0.05, 0.1) is 0 Å². The van der Waals surface area contributed by atoms with Gasteiger partial charge in [0.1, 0.15) is 5.60 Å². The summed E-state index contributed by atoms with van der Waals surface area (Å²) >= 11 is 0. The van der Waals surface area contributed by atoms with Crippen LogP contribution >= 0.6 is 0 Å². The molecule has 5 heteroatoms. The molecular weight excluding hydrogens is 208 g/mol. The van der Waals surface area contributed by atoms with Crippen molar-refractivity contribution in [3.05, 3.63) is 18.2 Å². The molecule has 0 atom stereocenters. The van der Waals surface area contributed by atoms with Crippen molar-refractivity contribution < 1.29 is 13.9 Å². The first-order valence-electron chi connectivity index (χ1n) is 4.89. The number of hydrogen-bond donors (Lipinski definition) is 0. The number of oxazole rings is 1. The normalized spacial score (nSPS) is 11.7. The topological polar surface area (TPSA) is 65.2 Å². The Morgan fingerprint density at radius 1 is 1.44 bits per heavy atom. The standard InChI is InChI=1S/C11H12N2O3/c1-11(2,3)16-7-4-5-12-10-9(7)13-8(6-14)15-10/h4-6H,1-3H3. The fourth-order valence-corrected chi connectivity index (χ4v) is 1.29. The highest BCUT2D eigenvalue weighted by molar-refractivity contribution is 5.80. The first kappa shape index (κ1) is 10.6. The van der Waals surface area contributed by atoms with Crippen molar-refractivity contribution in [3.8, 4) is 5.75 Å². The number of hydrogen-bond acceptors (Lipinski definition) is 5. The highest BCUT2D eigenvalue weighted by Gasteiger charge is 2.17. The van der Waals surface area contributed by atoms with Gasteiger partial charge in [-0.3, -0.25) is 4.79 Å². The van der Waals surface area contributed by atoms with Crippen LogP contribution in [0, 0.1) is 0 Å². The maximum Gasteiger partial charge on any atom is 0.262 e. The maximum atomic E-state index is 10.5. The number of pyridine rings is 1. The molecule has 2 rings (SSSR count). The van der Waals surface area contributed by atoms with Crippen LogP contribution in [0.4, 0.5) is 0 Å².